The van der Waals surface area contributed by atoms with Crippen LogP contribution in [0.15, 0.2) is 18.2 Å². The van der Waals surface area contributed by atoms with Crippen LogP contribution in [-0.2, 0) is 9.53 Å². The van der Waals surface area contributed by atoms with Gasteiger partial charge in [-0.1, -0.05) is 19.3 Å². The molecular formula is C18H24N2O3. The predicted molar refractivity (Wildman–Crippen MR) is 89.9 cm³/mol. The highest BCUT2D eigenvalue weighted by atomic mass is 16.5. The Morgan fingerprint density at radius 3 is 2.61 bits per heavy atom. The smallest absolute Gasteiger partial charge is 0.337 e. The molecule has 0 atom stereocenters. The van der Waals surface area contributed by atoms with Gasteiger partial charge in [-0.15, -0.1) is 0 Å². The van der Waals surface area contributed by atoms with Crippen molar-refractivity contribution >= 4 is 23.3 Å². The van der Waals surface area contributed by atoms with Crippen LogP contribution >= 0.6 is 0 Å². The summed E-state index contributed by atoms with van der Waals surface area (Å²) < 4.78 is 4.86. The van der Waals surface area contributed by atoms with Crippen molar-refractivity contribution in [2.75, 3.05) is 23.9 Å². The first-order chi connectivity index (χ1) is 11.2. The van der Waals surface area contributed by atoms with E-state index in [1.54, 1.807) is 11.0 Å². The van der Waals surface area contributed by atoms with Crippen molar-refractivity contribution in [3.05, 3.63) is 23.8 Å². The third kappa shape index (κ3) is 3.66. The van der Waals surface area contributed by atoms with Gasteiger partial charge in [-0.3, -0.25) is 4.79 Å². The van der Waals surface area contributed by atoms with Crippen molar-refractivity contribution < 1.29 is 14.3 Å². The average Bonchev–Trinajstić information content (AvgIpc) is 3.01. The van der Waals surface area contributed by atoms with E-state index < -0.39 is 0 Å². The number of benzene rings is 1. The predicted octanol–water partition coefficient (Wildman–Crippen LogP) is 3.34. The number of esters is 1. The Morgan fingerprint density at radius 2 is 1.96 bits per heavy atom. The van der Waals surface area contributed by atoms with Gasteiger partial charge < -0.3 is 15.0 Å². The Labute approximate surface area is 137 Å². The third-order valence-corrected chi connectivity index (χ3v) is 4.70. The summed E-state index contributed by atoms with van der Waals surface area (Å²) in [7, 11) is 1.38. The minimum absolute atomic E-state index is 0.121. The average molecular weight is 316 g/mol. The van der Waals surface area contributed by atoms with Gasteiger partial charge in [-0.25, -0.2) is 4.79 Å². The topological polar surface area (TPSA) is 58.6 Å². The summed E-state index contributed by atoms with van der Waals surface area (Å²) in [6.07, 6.45) is 7.53. The van der Waals surface area contributed by atoms with Crippen LogP contribution in [0.3, 0.4) is 0 Å². The maximum atomic E-state index is 12.0. The molecule has 1 aliphatic carbocycles. The largest absolute Gasteiger partial charge is 0.465 e. The van der Waals surface area contributed by atoms with Crippen LogP contribution in [0, 0.1) is 0 Å². The maximum absolute atomic E-state index is 12.0. The van der Waals surface area contributed by atoms with Gasteiger partial charge in [0.25, 0.3) is 0 Å². The molecule has 1 aromatic carbocycles. The van der Waals surface area contributed by atoms with Crippen LogP contribution in [0.1, 0.15) is 55.3 Å². The SMILES string of the molecule is COC(=O)c1cc(NC2CCCCC2)cc(N2CCCC2=O)c1. The number of hydrogen-bond donors (Lipinski definition) is 1. The number of carbonyl (C=O) groups is 2. The van der Waals surface area contributed by atoms with Crippen molar-refractivity contribution in [2.24, 2.45) is 0 Å². The zero-order valence-electron chi connectivity index (χ0n) is 13.6. The zero-order chi connectivity index (χ0) is 16.2. The molecule has 23 heavy (non-hydrogen) atoms. The molecule has 3 rings (SSSR count). The lowest BCUT2D eigenvalue weighted by molar-refractivity contribution is -0.117. The standard InChI is InChI=1S/C18H24N2O3/c1-23-18(22)13-10-15(19-14-6-3-2-4-7-14)12-16(11-13)20-9-5-8-17(20)21/h10-12,14,19H,2-9H2,1H3. The molecule has 1 saturated carbocycles. The fourth-order valence-electron chi connectivity index (χ4n) is 3.49. The van der Waals surface area contributed by atoms with Gasteiger partial charge in [-0.2, -0.15) is 0 Å². The second-order valence-electron chi connectivity index (χ2n) is 6.39. The first-order valence-corrected chi connectivity index (χ1v) is 8.47. The summed E-state index contributed by atoms with van der Waals surface area (Å²) in [6.45, 7) is 0.715. The van der Waals surface area contributed by atoms with Gasteiger partial charge in [0.15, 0.2) is 0 Å². The van der Waals surface area contributed by atoms with E-state index in [1.165, 1.54) is 26.4 Å². The molecule has 1 N–H and O–H groups in total. The summed E-state index contributed by atoms with van der Waals surface area (Å²) in [5.74, 6) is -0.249. The highest BCUT2D eigenvalue weighted by Gasteiger charge is 2.24. The van der Waals surface area contributed by atoms with E-state index in [0.29, 0.717) is 24.6 Å². The number of rotatable bonds is 4. The lowest BCUT2D eigenvalue weighted by atomic mass is 9.95. The Morgan fingerprint density at radius 1 is 1.17 bits per heavy atom. The fourth-order valence-corrected chi connectivity index (χ4v) is 3.49. The quantitative estimate of drug-likeness (QED) is 0.866. The van der Waals surface area contributed by atoms with Crippen LogP contribution < -0.4 is 10.2 Å². The lowest BCUT2D eigenvalue weighted by Gasteiger charge is -2.25. The molecule has 5 heteroatoms. The van der Waals surface area contributed by atoms with Crippen molar-refractivity contribution in [1.29, 1.82) is 0 Å². The van der Waals surface area contributed by atoms with Gasteiger partial charge in [-0.05, 0) is 37.5 Å². The summed E-state index contributed by atoms with van der Waals surface area (Å²) in [6, 6.07) is 5.99. The van der Waals surface area contributed by atoms with E-state index in [-0.39, 0.29) is 11.9 Å². The Kier molecular flexibility index (Phi) is 4.84. The summed E-state index contributed by atoms with van der Waals surface area (Å²) >= 11 is 0. The summed E-state index contributed by atoms with van der Waals surface area (Å²) in [4.78, 5) is 25.7. The number of nitrogens with zero attached hydrogens (tertiary/aromatic N) is 1. The molecule has 5 nitrogen and oxygen atoms in total. The van der Waals surface area contributed by atoms with Crippen molar-refractivity contribution in [3.63, 3.8) is 0 Å². The molecule has 2 fully saturated rings. The van der Waals surface area contributed by atoms with Gasteiger partial charge in [0.1, 0.15) is 0 Å². The molecule has 1 heterocycles. The Balaban J connectivity index is 1.87. The van der Waals surface area contributed by atoms with E-state index >= 15 is 0 Å². The molecule has 0 spiro atoms. The Bertz CT molecular complexity index is 594. The summed E-state index contributed by atoms with van der Waals surface area (Å²) in [5.41, 5.74) is 2.17. The Hall–Kier alpha value is -2.04. The van der Waals surface area contributed by atoms with Crippen molar-refractivity contribution in [2.45, 2.75) is 51.0 Å². The van der Waals surface area contributed by atoms with E-state index in [4.69, 9.17) is 4.74 Å². The first kappa shape index (κ1) is 15.8. The van der Waals surface area contributed by atoms with Gasteiger partial charge in [0.2, 0.25) is 5.91 Å². The highest BCUT2D eigenvalue weighted by Crippen LogP contribution is 2.29. The van der Waals surface area contributed by atoms with E-state index in [2.05, 4.69) is 5.32 Å². The number of anilines is 2. The number of ether oxygens (including phenoxy) is 1. The van der Waals surface area contributed by atoms with Crippen LogP contribution in [0.2, 0.25) is 0 Å². The van der Waals surface area contributed by atoms with E-state index in [0.717, 1.165) is 30.6 Å². The second-order valence-corrected chi connectivity index (χ2v) is 6.39. The fraction of sp³-hybridized carbons (Fsp3) is 0.556. The van der Waals surface area contributed by atoms with Crippen molar-refractivity contribution in [3.8, 4) is 0 Å². The van der Waals surface area contributed by atoms with Crippen LogP contribution in [-0.4, -0.2) is 31.6 Å². The minimum atomic E-state index is -0.370. The molecular weight excluding hydrogens is 292 g/mol. The monoisotopic (exact) mass is 316 g/mol. The molecule has 1 amide bonds. The van der Waals surface area contributed by atoms with Gasteiger partial charge >= 0.3 is 5.97 Å². The van der Waals surface area contributed by atoms with Gasteiger partial charge in [0.05, 0.1) is 12.7 Å². The molecule has 0 bridgehead atoms. The molecule has 0 aromatic heterocycles. The number of carbonyl (C=O) groups excluding carboxylic acids is 2. The number of methoxy groups -OCH3 is 1. The number of amides is 1. The lowest BCUT2D eigenvalue weighted by Crippen LogP contribution is -2.25. The first-order valence-electron chi connectivity index (χ1n) is 8.47. The third-order valence-electron chi connectivity index (χ3n) is 4.70. The molecule has 1 aliphatic heterocycles. The minimum Gasteiger partial charge on any atom is -0.465 e. The zero-order valence-corrected chi connectivity index (χ0v) is 13.6. The highest BCUT2D eigenvalue weighted by molar-refractivity contribution is 5.98. The molecule has 124 valence electrons. The van der Waals surface area contributed by atoms with Crippen LogP contribution in [0.4, 0.5) is 11.4 Å². The molecule has 0 unspecified atom stereocenters. The summed E-state index contributed by atoms with van der Waals surface area (Å²) in [5, 5.41) is 3.53. The second kappa shape index (κ2) is 7.02. The van der Waals surface area contributed by atoms with Crippen molar-refractivity contribution in [1.82, 2.24) is 0 Å². The molecule has 1 saturated heterocycles. The van der Waals surface area contributed by atoms with Crippen LogP contribution in [0.5, 0.6) is 0 Å². The molecule has 2 aliphatic rings. The van der Waals surface area contributed by atoms with E-state index in [9.17, 15) is 9.59 Å². The number of hydrogen-bond acceptors (Lipinski definition) is 4. The van der Waals surface area contributed by atoms with Gasteiger partial charge in [0, 0.05) is 30.4 Å². The maximum Gasteiger partial charge on any atom is 0.337 e. The molecule has 1 aromatic rings. The normalized spacial score (nSPS) is 19.0. The van der Waals surface area contributed by atoms with Crippen LogP contribution in [0.25, 0.3) is 0 Å². The molecule has 0 radical (unpaired) electrons. The number of nitrogens with one attached hydrogen (secondary N) is 1. The van der Waals surface area contributed by atoms with E-state index in [1.807, 2.05) is 12.1 Å².